The van der Waals surface area contributed by atoms with Crippen LogP contribution in [-0.2, 0) is 0 Å². The number of rotatable bonds is 4. The van der Waals surface area contributed by atoms with Gasteiger partial charge in [0.25, 0.3) is 0 Å². The van der Waals surface area contributed by atoms with Crippen LogP contribution in [0.5, 0.6) is 0 Å². The second-order valence-electron chi connectivity index (χ2n) is 11.4. The topological polar surface area (TPSA) is 3.24 Å². The Hall–Kier alpha value is -5.44. The van der Waals surface area contributed by atoms with Crippen LogP contribution in [0.1, 0.15) is 0 Å². The van der Waals surface area contributed by atoms with E-state index in [-0.39, 0.29) is 0 Å². The van der Waals surface area contributed by atoms with Crippen molar-refractivity contribution in [1.29, 1.82) is 0 Å². The minimum absolute atomic E-state index is 1.13. The SMILES string of the molecule is c1ccc(-c2cccc(N(c3ccc4ccc5ccccc5c4c3)c3ccc4sc5cc6ccccc6cc5c4c3)c2)cc1. The van der Waals surface area contributed by atoms with Gasteiger partial charge in [-0.05, 0) is 98.0 Å². The second kappa shape index (κ2) is 10.1. The highest BCUT2D eigenvalue weighted by molar-refractivity contribution is 7.25. The Morgan fingerprint density at radius 3 is 1.75 bits per heavy atom. The summed E-state index contributed by atoms with van der Waals surface area (Å²) >= 11 is 1.87. The molecule has 0 unspecified atom stereocenters. The summed E-state index contributed by atoms with van der Waals surface area (Å²) in [5.41, 5.74) is 5.84. The van der Waals surface area contributed by atoms with Crippen LogP contribution in [0.3, 0.4) is 0 Å². The maximum atomic E-state index is 2.41. The Morgan fingerprint density at radius 2 is 0.909 bits per heavy atom. The van der Waals surface area contributed by atoms with E-state index >= 15 is 0 Å². The average Bonchev–Trinajstić information content (AvgIpc) is 3.44. The van der Waals surface area contributed by atoms with Crippen LogP contribution in [-0.4, -0.2) is 0 Å². The minimum atomic E-state index is 1.13. The maximum absolute atomic E-state index is 2.41. The number of hydrogen-bond donors (Lipinski definition) is 0. The Labute approximate surface area is 259 Å². The van der Waals surface area contributed by atoms with Crippen LogP contribution >= 0.6 is 11.3 Å². The van der Waals surface area contributed by atoms with Gasteiger partial charge in [0.15, 0.2) is 0 Å². The van der Waals surface area contributed by atoms with E-state index in [1.165, 1.54) is 63.6 Å². The summed E-state index contributed by atoms with van der Waals surface area (Å²) in [6.45, 7) is 0. The first kappa shape index (κ1) is 25.1. The molecule has 0 saturated carbocycles. The number of nitrogens with zero attached hydrogens (tertiary/aromatic N) is 1. The molecular weight excluding hydrogens is 551 g/mol. The number of benzene rings is 8. The zero-order valence-electron chi connectivity index (χ0n) is 23.9. The van der Waals surface area contributed by atoms with Crippen LogP contribution in [0.25, 0.3) is 63.6 Å². The van der Waals surface area contributed by atoms with Crippen LogP contribution in [0.2, 0.25) is 0 Å². The van der Waals surface area contributed by atoms with Gasteiger partial charge in [-0.1, -0.05) is 109 Å². The normalized spacial score (nSPS) is 11.6. The van der Waals surface area contributed by atoms with Crippen molar-refractivity contribution in [1.82, 2.24) is 0 Å². The molecular formula is C42H27NS. The van der Waals surface area contributed by atoms with Gasteiger partial charge >= 0.3 is 0 Å². The molecule has 0 fully saturated rings. The zero-order chi connectivity index (χ0) is 29.0. The fraction of sp³-hybridized carbons (Fsp3) is 0. The van der Waals surface area contributed by atoms with Crippen molar-refractivity contribution in [2.45, 2.75) is 0 Å². The van der Waals surface area contributed by atoms with Crippen molar-refractivity contribution >= 4 is 80.9 Å². The van der Waals surface area contributed by atoms with E-state index in [1.54, 1.807) is 0 Å². The molecule has 0 aliphatic carbocycles. The molecule has 0 spiro atoms. The molecule has 0 N–H and O–H groups in total. The van der Waals surface area contributed by atoms with Gasteiger partial charge in [0.05, 0.1) is 0 Å². The van der Waals surface area contributed by atoms with Gasteiger partial charge in [-0.25, -0.2) is 0 Å². The van der Waals surface area contributed by atoms with E-state index in [0.717, 1.165) is 17.1 Å². The molecule has 44 heavy (non-hydrogen) atoms. The molecule has 0 bridgehead atoms. The summed E-state index contributed by atoms with van der Waals surface area (Å²) < 4.78 is 2.63. The molecule has 1 aromatic heterocycles. The van der Waals surface area contributed by atoms with Crippen molar-refractivity contribution in [2.24, 2.45) is 0 Å². The van der Waals surface area contributed by atoms with Crippen LogP contribution < -0.4 is 4.90 Å². The summed E-state index contributed by atoms with van der Waals surface area (Å²) in [6.07, 6.45) is 0. The lowest BCUT2D eigenvalue weighted by Crippen LogP contribution is -2.10. The molecule has 0 saturated heterocycles. The van der Waals surface area contributed by atoms with E-state index in [9.17, 15) is 0 Å². The first-order valence-corrected chi connectivity index (χ1v) is 15.8. The van der Waals surface area contributed by atoms with E-state index in [0.29, 0.717) is 0 Å². The molecule has 9 aromatic rings. The number of hydrogen-bond acceptors (Lipinski definition) is 2. The van der Waals surface area contributed by atoms with Crippen molar-refractivity contribution in [3.8, 4) is 11.1 Å². The van der Waals surface area contributed by atoms with Gasteiger partial charge in [0.2, 0.25) is 0 Å². The monoisotopic (exact) mass is 577 g/mol. The highest BCUT2D eigenvalue weighted by Crippen LogP contribution is 2.43. The smallest absolute Gasteiger partial charge is 0.0468 e. The molecule has 0 aliphatic heterocycles. The average molecular weight is 578 g/mol. The Bertz CT molecular complexity index is 2510. The van der Waals surface area contributed by atoms with Gasteiger partial charge in [-0.2, -0.15) is 0 Å². The van der Waals surface area contributed by atoms with Gasteiger partial charge in [0.1, 0.15) is 0 Å². The van der Waals surface area contributed by atoms with E-state index in [4.69, 9.17) is 0 Å². The van der Waals surface area contributed by atoms with E-state index in [2.05, 4.69) is 169 Å². The summed E-state index contributed by atoms with van der Waals surface area (Å²) in [4.78, 5) is 2.41. The third-order valence-corrected chi connectivity index (χ3v) is 9.91. The second-order valence-corrected chi connectivity index (χ2v) is 12.5. The fourth-order valence-corrected chi connectivity index (χ4v) is 7.74. The molecule has 8 aromatic carbocycles. The van der Waals surface area contributed by atoms with Crippen molar-refractivity contribution in [3.05, 3.63) is 164 Å². The molecule has 9 rings (SSSR count). The van der Waals surface area contributed by atoms with E-state index < -0.39 is 0 Å². The quantitative estimate of drug-likeness (QED) is 0.188. The standard InChI is InChI=1S/C42H27NS/c1-2-9-28(10-3-1)31-14-8-15-34(23-31)43(35-20-19-30-18-17-29-11-6-7-16-37(29)38(30)26-35)36-21-22-41-40(27-36)39-24-32-12-4-5-13-33(32)25-42(39)44-41/h1-27H. The maximum Gasteiger partial charge on any atom is 0.0468 e. The van der Waals surface area contributed by atoms with Crippen LogP contribution in [0.15, 0.2) is 164 Å². The van der Waals surface area contributed by atoms with Gasteiger partial charge in [-0.3, -0.25) is 0 Å². The molecule has 0 radical (unpaired) electrons. The Kier molecular flexibility index (Phi) is 5.75. The lowest BCUT2D eigenvalue weighted by Gasteiger charge is -2.27. The molecule has 1 heterocycles. The molecule has 2 heteroatoms. The summed E-state index contributed by atoms with van der Waals surface area (Å²) in [5.74, 6) is 0. The predicted molar refractivity (Wildman–Crippen MR) is 192 cm³/mol. The lowest BCUT2D eigenvalue weighted by molar-refractivity contribution is 1.30. The number of anilines is 3. The lowest BCUT2D eigenvalue weighted by atomic mass is 10.0. The van der Waals surface area contributed by atoms with Crippen molar-refractivity contribution in [3.63, 3.8) is 0 Å². The highest BCUT2D eigenvalue weighted by atomic mass is 32.1. The van der Waals surface area contributed by atoms with Gasteiger partial charge in [0, 0.05) is 37.2 Å². The summed E-state index contributed by atoms with van der Waals surface area (Å²) in [7, 11) is 0. The summed E-state index contributed by atoms with van der Waals surface area (Å²) in [6, 6.07) is 59.9. The zero-order valence-corrected chi connectivity index (χ0v) is 24.8. The van der Waals surface area contributed by atoms with Crippen molar-refractivity contribution < 1.29 is 0 Å². The predicted octanol–water partition coefficient (Wildman–Crippen LogP) is 12.7. The molecule has 0 amide bonds. The highest BCUT2D eigenvalue weighted by Gasteiger charge is 2.17. The van der Waals surface area contributed by atoms with Gasteiger partial charge in [-0.15, -0.1) is 11.3 Å². The Balaban J connectivity index is 1.29. The fourth-order valence-electron chi connectivity index (χ4n) is 6.62. The molecule has 1 nitrogen and oxygen atoms in total. The first-order valence-electron chi connectivity index (χ1n) is 15.0. The van der Waals surface area contributed by atoms with Crippen molar-refractivity contribution in [2.75, 3.05) is 4.90 Å². The minimum Gasteiger partial charge on any atom is -0.310 e. The molecule has 0 aliphatic rings. The summed E-state index contributed by atoms with van der Waals surface area (Å²) in [5, 5.41) is 10.2. The number of fused-ring (bicyclic) bond motifs is 7. The number of thiophene rings is 1. The van der Waals surface area contributed by atoms with Crippen LogP contribution in [0.4, 0.5) is 17.1 Å². The van der Waals surface area contributed by atoms with Crippen LogP contribution in [0, 0.1) is 0 Å². The third kappa shape index (κ3) is 4.15. The molecule has 0 atom stereocenters. The van der Waals surface area contributed by atoms with Gasteiger partial charge < -0.3 is 4.90 Å². The Morgan fingerprint density at radius 1 is 0.318 bits per heavy atom. The third-order valence-electron chi connectivity index (χ3n) is 8.78. The largest absolute Gasteiger partial charge is 0.310 e. The molecule has 206 valence electrons. The first-order chi connectivity index (χ1) is 21.8. The van der Waals surface area contributed by atoms with E-state index in [1.807, 2.05) is 11.3 Å².